The molecule has 0 spiro atoms. The lowest BCUT2D eigenvalue weighted by atomic mass is 10.1. The van der Waals surface area contributed by atoms with E-state index in [9.17, 15) is 14.0 Å². The Morgan fingerprint density at radius 3 is 2.57 bits per heavy atom. The van der Waals surface area contributed by atoms with Gasteiger partial charge in [-0.1, -0.05) is 12.1 Å². The van der Waals surface area contributed by atoms with Crippen molar-refractivity contribution >= 4 is 17.5 Å². The maximum Gasteiger partial charge on any atom is 0.362 e. The number of rotatable bonds is 7. The lowest BCUT2D eigenvalue weighted by molar-refractivity contribution is -0.135. The van der Waals surface area contributed by atoms with E-state index in [0.717, 1.165) is 12.8 Å². The van der Waals surface area contributed by atoms with Crippen LogP contribution in [0.2, 0.25) is 0 Å². The number of ketones is 1. The zero-order valence-electron chi connectivity index (χ0n) is 11.8. The minimum Gasteiger partial charge on any atom is -0.461 e. The van der Waals surface area contributed by atoms with E-state index in [1.807, 2.05) is 0 Å². The van der Waals surface area contributed by atoms with Crippen LogP contribution in [-0.4, -0.2) is 30.1 Å². The van der Waals surface area contributed by atoms with E-state index in [0.29, 0.717) is 5.56 Å². The molecule has 0 aliphatic heterocycles. The van der Waals surface area contributed by atoms with Crippen molar-refractivity contribution in [2.75, 3.05) is 6.61 Å². The molecule has 5 nitrogen and oxygen atoms in total. The highest BCUT2D eigenvalue weighted by molar-refractivity contribution is 6.64. The summed E-state index contributed by atoms with van der Waals surface area (Å²) in [6, 6.07) is 5.78. The van der Waals surface area contributed by atoms with E-state index < -0.39 is 11.8 Å². The molecule has 6 heteroatoms. The smallest absolute Gasteiger partial charge is 0.362 e. The minimum atomic E-state index is -0.738. The normalized spacial score (nSPS) is 14.7. The summed E-state index contributed by atoms with van der Waals surface area (Å²) in [5.74, 6) is -1.56. The largest absolute Gasteiger partial charge is 0.461 e. The second-order valence-electron chi connectivity index (χ2n) is 4.81. The lowest BCUT2D eigenvalue weighted by Gasteiger charge is -2.06. The third-order valence-corrected chi connectivity index (χ3v) is 2.95. The Bertz CT molecular complexity index is 551. The van der Waals surface area contributed by atoms with Gasteiger partial charge in [-0.15, -0.1) is 0 Å². The fraction of sp³-hybridized carbons (Fsp3) is 0.400. The third-order valence-electron chi connectivity index (χ3n) is 2.95. The molecule has 1 aromatic rings. The highest BCUT2D eigenvalue weighted by Gasteiger charge is 2.25. The first-order valence-electron chi connectivity index (χ1n) is 6.88. The Morgan fingerprint density at radius 1 is 1.33 bits per heavy atom. The number of carbonyl (C=O) groups excluding carboxylic acids is 2. The molecular formula is C15H17FN2O3. The van der Waals surface area contributed by atoms with Gasteiger partial charge in [0, 0.05) is 12.5 Å². The van der Waals surface area contributed by atoms with Crippen LogP contribution >= 0.6 is 0 Å². The van der Waals surface area contributed by atoms with Crippen LogP contribution in [0.15, 0.2) is 29.4 Å². The molecule has 1 saturated carbocycles. The topological polar surface area (TPSA) is 67.8 Å². The van der Waals surface area contributed by atoms with Crippen LogP contribution in [0, 0.1) is 5.82 Å². The molecule has 0 atom stereocenters. The van der Waals surface area contributed by atoms with Crippen molar-refractivity contribution in [3.8, 4) is 0 Å². The first-order valence-corrected chi connectivity index (χ1v) is 6.88. The predicted octanol–water partition coefficient (Wildman–Crippen LogP) is 1.61. The Balaban J connectivity index is 2.07. The van der Waals surface area contributed by atoms with E-state index in [2.05, 4.69) is 10.5 Å². The summed E-state index contributed by atoms with van der Waals surface area (Å²) in [5.41, 5.74) is 3.15. The van der Waals surface area contributed by atoms with Gasteiger partial charge in [-0.25, -0.2) is 9.18 Å². The van der Waals surface area contributed by atoms with E-state index in [1.54, 1.807) is 6.92 Å². The molecule has 0 heterocycles. The second-order valence-corrected chi connectivity index (χ2v) is 4.81. The average molecular weight is 292 g/mol. The number of Topliss-reactive ketones (excluding diaryl/α,β-unsaturated/α-hetero) is 1. The van der Waals surface area contributed by atoms with Gasteiger partial charge in [0.2, 0.25) is 5.71 Å². The van der Waals surface area contributed by atoms with Crippen LogP contribution in [0.5, 0.6) is 0 Å². The summed E-state index contributed by atoms with van der Waals surface area (Å²) < 4.78 is 17.7. The monoisotopic (exact) mass is 292 g/mol. The number of carbonyl (C=O) groups is 2. The molecular weight excluding hydrogens is 275 g/mol. The van der Waals surface area contributed by atoms with Gasteiger partial charge >= 0.3 is 5.97 Å². The van der Waals surface area contributed by atoms with Crippen LogP contribution in [0.3, 0.4) is 0 Å². The number of esters is 1. The van der Waals surface area contributed by atoms with E-state index >= 15 is 0 Å². The fourth-order valence-corrected chi connectivity index (χ4v) is 1.66. The molecule has 1 aliphatic rings. The third kappa shape index (κ3) is 4.66. The molecule has 0 aromatic heterocycles. The molecule has 0 unspecified atom stereocenters. The van der Waals surface area contributed by atoms with Crippen molar-refractivity contribution < 1.29 is 18.7 Å². The van der Waals surface area contributed by atoms with Gasteiger partial charge in [-0.05, 0) is 37.5 Å². The number of halogens is 1. The highest BCUT2D eigenvalue weighted by Crippen LogP contribution is 2.18. The van der Waals surface area contributed by atoms with Crippen molar-refractivity contribution in [2.45, 2.75) is 32.2 Å². The van der Waals surface area contributed by atoms with E-state index in [1.165, 1.54) is 24.3 Å². The Labute approximate surface area is 122 Å². The van der Waals surface area contributed by atoms with Crippen LogP contribution in [0.25, 0.3) is 0 Å². The first-order chi connectivity index (χ1) is 10.1. The number of nitrogens with one attached hydrogen (secondary N) is 1. The maximum absolute atomic E-state index is 12.8. The van der Waals surface area contributed by atoms with Gasteiger partial charge in [0.25, 0.3) is 0 Å². The van der Waals surface area contributed by atoms with Gasteiger partial charge in [-0.2, -0.15) is 5.10 Å². The molecule has 112 valence electrons. The summed E-state index contributed by atoms with van der Waals surface area (Å²) in [4.78, 5) is 24.0. The summed E-state index contributed by atoms with van der Waals surface area (Å²) in [6.45, 7) is 1.83. The van der Waals surface area contributed by atoms with Crippen LogP contribution in [0.4, 0.5) is 4.39 Å². The summed E-state index contributed by atoms with van der Waals surface area (Å²) in [5, 5.41) is 3.89. The van der Waals surface area contributed by atoms with E-state index in [-0.39, 0.29) is 30.6 Å². The average Bonchev–Trinajstić information content (AvgIpc) is 3.26. The van der Waals surface area contributed by atoms with Gasteiger partial charge in [0.15, 0.2) is 5.78 Å². The van der Waals surface area contributed by atoms with Gasteiger partial charge in [0.05, 0.1) is 6.61 Å². The standard InChI is InChI=1S/C15H17FN2O3/c1-2-21-15(20)14(18-17-12-7-8-12)13(19)9-10-3-5-11(16)6-4-10/h3-6,12,17H,2,7-9H2,1H3/b18-14+. The Hall–Kier alpha value is -2.24. The second kappa shape index (κ2) is 6.97. The maximum atomic E-state index is 12.8. The van der Waals surface area contributed by atoms with Crippen LogP contribution in [-0.2, 0) is 20.7 Å². The Morgan fingerprint density at radius 2 is 2.00 bits per heavy atom. The van der Waals surface area contributed by atoms with E-state index in [4.69, 9.17) is 4.74 Å². The number of ether oxygens (including phenoxy) is 1. The molecule has 1 aromatic carbocycles. The molecule has 1 fully saturated rings. The van der Waals surface area contributed by atoms with Crippen LogP contribution in [0.1, 0.15) is 25.3 Å². The molecule has 0 saturated heterocycles. The number of benzene rings is 1. The van der Waals surface area contributed by atoms with Crippen molar-refractivity contribution in [1.29, 1.82) is 0 Å². The summed E-state index contributed by atoms with van der Waals surface area (Å²) in [6.07, 6.45) is 1.93. The van der Waals surface area contributed by atoms with Crippen molar-refractivity contribution in [3.05, 3.63) is 35.6 Å². The summed E-state index contributed by atoms with van der Waals surface area (Å²) >= 11 is 0. The first kappa shape index (κ1) is 15.2. The highest BCUT2D eigenvalue weighted by atomic mass is 19.1. The Kier molecular flexibility index (Phi) is 5.03. The van der Waals surface area contributed by atoms with Crippen molar-refractivity contribution in [2.24, 2.45) is 5.10 Å². The molecule has 0 radical (unpaired) electrons. The predicted molar refractivity (Wildman–Crippen MR) is 75.3 cm³/mol. The molecule has 21 heavy (non-hydrogen) atoms. The van der Waals surface area contributed by atoms with Crippen molar-refractivity contribution in [3.63, 3.8) is 0 Å². The van der Waals surface area contributed by atoms with Gasteiger partial charge in [0.1, 0.15) is 5.82 Å². The zero-order valence-corrected chi connectivity index (χ0v) is 11.8. The molecule has 1 aliphatic carbocycles. The molecule has 0 bridgehead atoms. The molecule has 1 N–H and O–H groups in total. The van der Waals surface area contributed by atoms with Gasteiger partial charge in [-0.3, -0.25) is 4.79 Å². The number of hydrazone groups is 1. The number of hydrogen-bond donors (Lipinski definition) is 1. The number of nitrogens with zero attached hydrogens (tertiary/aromatic N) is 1. The fourth-order valence-electron chi connectivity index (χ4n) is 1.66. The molecule has 0 amide bonds. The SMILES string of the molecule is CCOC(=O)/C(=N/NC1CC1)C(=O)Cc1ccc(F)cc1. The quantitative estimate of drug-likeness (QED) is 0.359. The minimum absolute atomic E-state index is 0.0235. The molecule has 2 rings (SSSR count). The van der Waals surface area contributed by atoms with Gasteiger partial charge < -0.3 is 10.2 Å². The lowest BCUT2D eigenvalue weighted by Crippen LogP contribution is -2.30. The summed E-state index contributed by atoms with van der Waals surface area (Å²) in [7, 11) is 0. The van der Waals surface area contributed by atoms with Crippen molar-refractivity contribution in [1.82, 2.24) is 5.43 Å². The zero-order chi connectivity index (χ0) is 15.2. The number of hydrogen-bond acceptors (Lipinski definition) is 5. The van der Waals surface area contributed by atoms with Crippen LogP contribution < -0.4 is 5.43 Å².